The molecule has 0 radical (unpaired) electrons. The van der Waals surface area contributed by atoms with Crippen LogP contribution in [0.25, 0.3) is 0 Å². The number of ketones is 1. The molecule has 3 rings (SSSR count). The Labute approximate surface area is 123 Å². The van der Waals surface area contributed by atoms with Gasteiger partial charge in [0.1, 0.15) is 0 Å². The van der Waals surface area contributed by atoms with Gasteiger partial charge in [-0.05, 0) is 57.1 Å². The quantitative estimate of drug-likeness (QED) is 0.800. The fourth-order valence-electron chi connectivity index (χ4n) is 2.95. The van der Waals surface area contributed by atoms with Crippen molar-refractivity contribution < 1.29 is 9.59 Å². The highest BCUT2D eigenvalue weighted by Crippen LogP contribution is 2.31. The van der Waals surface area contributed by atoms with E-state index >= 15 is 0 Å². The number of Topliss-reactive ketones (excluding diaryl/α,β-unsaturated/α-hetero) is 1. The molecule has 4 nitrogen and oxygen atoms in total. The molecule has 0 atom stereocenters. The summed E-state index contributed by atoms with van der Waals surface area (Å²) in [6.07, 6.45) is 3.41. The lowest BCUT2D eigenvalue weighted by molar-refractivity contribution is -0.114. The van der Waals surface area contributed by atoms with E-state index in [2.05, 4.69) is 4.90 Å². The van der Waals surface area contributed by atoms with E-state index < -0.39 is 11.7 Å². The van der Waals surface area contributed by atoms with Crippen molar-refractivity contribution in [3.63, 3.8) is 0 Å². The first-order valence-corrected chi connectivity index (χ1v) is 7.43. The van der Waals surface area contributed by atoms with Gasteiger partial charge in [0, 0.05) is 11.6 Å². The van der Waals surface area contributed by atoms with E-state index in [1.807, 2.05) is 0 Å². The molecule has 0 aliphatic carbocycles. The van der Waals surface area contributed by atoms with Crippen LogP contribution in [0.15, 0.2) is 18.2 Å². The Morgan fingerprint density at radius 3 is 2.60 bits per heavy atom. The number of carbonyl (C=O) groups is 2. The summed E-state index contributed by atoms with van der Waals surface area (Å²) in [5, 5.41) is 0.552. The highest BCUT2D eigenvalue weighted by Gasteiger charge is 2.35. The lowest BCUT2D eigenvalue weighted by Crippen LogP contribution is -2.33. The van der Waals surface area contributed by atoms with Crippen molar-refractivity contribution in [2.75, 3.05) is 31.1 Å². The van der Waals surface area contributed by atoms with Crippen LogP contribution in [-0.4, -0.2) is 42.8 Å². The summed E-state index contributed by atoms with van der Waals surface area (Å²) in [6.45, 7) is 3.85. The van der Waals surface area contributed by atoms with Crippen LogP contribution in [0.2, 0.25) is 5.02 Å². The van der Waals surface area contributed by atoms with Crippen molar-refractivity contribution in [2.24, 2.45) is 0 Å². The fourth-order valence-corrected chi connectivity index (χ4v) is 3.11. The number of fused-ring (bicyclic) bond motifs is 1. The Hall–Kier alpha value is -1.39. The molecule has 0 spiro atoms. The van der Waals surface area contributed by atoms with Gasteiger partial charge in [-0.3, -0.25) is 9.59 Å². The third-order valence-electron chi connectivity index (χ3n) is 3.99. The number of carbonyl (C=O) groups excluding carboxylic acids is 2. The minimum Gasteiger partial charge on any atom is -0.305 e. The topological polar surface area (TPSA) is 40.6 Å². The van der Waals surface area contributed by atoms with Gasteiger partial charge in [-0.25, -0.2) is 0 Å². The molecule has 0 aromatic heterocycles. The number of hydrogen-bond donors (Lipinski definition) is 0. The van der Waals surface area contributed by atoms with Gasteiger partial charge in [0.2, 0.25) is 0 Å². The van der Waals surface area contributed by atoms with E-state index in [0.29, 0.717) is 22.8 Å². The zero-order valence-corrected chi connectivity index (χ0v) is 12.0. The summed E-state index contributed by atoms with van der Waals surface area (Å²) in [4.78, 5) is 27.9. The molecule has 0 N–H and O–H groups in total. The molecule has 0 unspecified atom stereocenters. The molecule has 106 valence electrons. The Kier molecular flexibility index (Phi) is 3.76. The van der Waals surface area contributed by atoms with Gasteiger partial charge in [-0.2, -0.15) is 0 Å². The first-order valence-electron chi connectivity index (χ1n) is 7.05. The molecular formula is C15H17ClN2O2. The van der Waals surface area contributed by atoms with E-state index in [4.69, 9.17) is 11.6 Å². The SMILES string of the molecule is O=C1C(=O)N(CCCN2CCCC2)c2cc(Cl)ccc21. The standard InChI is InChI=1S/C15H17ClN2O2/c16-11-4-5-12-13(10-11)18(15(20)14(12)19)9-3-8-17-6-1-2-7-17/h4-5,10H,1-3,6-9H2. The van der Waals surface area contributed by atoms with E-state index in [9.17, 15) is 9.59 Å². The largest absolute Gasteiger partial charge is 0.305 e. The molecule has 0 saturated carbocycles. The van der Waals surface area contributed by atoms with Crippen LogP contribution in [0.4, 0.5) is 5.69 Å². The van der Waals surface area contributed by atoms with Gasteiger partial charge >= 0.3 is 0 Å². The molecule has 1 aromatic carbocycles. The van der Waals surface area contributed by atoms with Crippen LogP contribution >= 0.6 is 11.6 Å². The van der Waals surface area contributed by atoms with Crippen LogP contribution in [0.3, 0.4) is 0 Å². The number of halogens is 1. The minimum absolute atomic E-state index is 0.419. The Balaban J connectivity index is 1.68. The van der Waals surface area contributed by atoms with Gasteiger partial charge in [0.25, 0.3) is 11.7 Å². The Morgan fingerprint density at radius 1 is 1.10 bits per heavy atom. The number of likely N-dealkylation sites (tertiary alicyclic amines) is 1. The summed E-state index contributed by atoms with van der Waals surface area (Å²) in [7, 11) is 0. The maximum Gasteiger partial charge on any atom is 0.299 e. The smallest absolute Gasteiger partial charge is 0.299 e. The van der Waals surface area contributed by atoms with Crippen LogP contribution in [0.5, 0.6) is 0 Å². The second-order valence-corrected chi connectivity index (χ2v) is 5.79. The van der Waals surface area contributed by atoms with Crippen molar-refractivity contribution in [3.05, 3.63) is 28.8 Å². The van der Waals surface area contributed by atoms with E-state index in [1.54, 1.807) is 23.1 Å². The second kappa shape index (κ2) is 5.54. The monoisotopic (exact) mass is 292 g/mol. The maximum absolute atomic E-state index is 12.0. The van der Waals surface area contributed by atoms with Crippen molar-refractivity contribution in [2.45, 2.75) is 19.3 Å². The number of rotatable bonds is 4. The Morgan fingerprint density at radius 2 is 1.85 bits per heavy atom. The predicted molar refractivity (Wildman–Crippen MR) is 78.4 cm³/mol. The predicted octanol–water partition coefficient (Wildman–Crippen LogP) is 2.36. The average Bonchev–Trinajstić information content (AvgIpc) is 3.02. The number of nitrogens with zero attached hydrogens (tertiary/aromatic N) is 2. The van der Waals surface area contributed by atoms with Crippen molar-refractivity contribution >= 4 is 29.0 Å². The summed E-state index contributed by atoms with van der Waals surface area (Å²) in [5.74, 6) is -0.846. The van der Waals surface area contributed by atoms with Gasteiger partial charge in [-0.1, -0.05) is 11.6 Å². The van der Waals surface area contributed by atoms with Crippen molar-refractivity contribution in [1.29, 1.82) is 0 Å². The summed E-state index contributed by atoms with van der Waals surface area (Å²) < 4.78 is 0. The number of amides is 1. The van der Waals surface area contributed by atoms with Gasteiger partial charge in [-0.15, -0.1) is 0 Å². The average molecular weight is 293 g/mol. The molecular weight excluding hydrogens is 276 g/mol. The van der Waals surface area contributed by atoms with Gasteiger partial charge < -0.3 is 9.80 Å². The van der Waals surface area contributed by atoms with Crippen LogP contribution in [0.1, 0.15) is 29.6 Å². The number of hydrogen-bond acceptors (Lipinski definition) is 3. The lowest BCUT2D eigenvalue weighted by atomic mass is 10.1. The van der Waals surface area contributed by atoms with Crippen molar-refractivity contribution in [3.8, 4) is 0 Å². The first-order chi connectivity index (χ1) is 9.66. The molecule has 2 heterocycles. The highest BCUT2D eigenvalue weighted by molar-refractivity contribution is 6.52. The number of benzene rings is 1. The maximum atomic E-state index is 12.0. The highest BCUT2D eigenvalue weighted by atomic mass is 35.5. The zero-order valence-electron chi connectivity index (χ0n) is 11.3. The van der Waals surface area contributed by atoms with Gasteiger partial charge in [0.15, 0.2) is 0 Å². The lowest BCUT2D eigenvalue weighted by Gasteiger charge is -2.19. The van der Waals surface area contributed by atoms with Gasteiger partial charge in [0.05, 0.1) is 11.3 Å². The second-order valence-electron chi connectivity index (χ2n) is 5.35. The first kappa shape index (κ1) is 13.6. The molecule has 1 amide bonds. The molecule has 2 aliphatic rings. The molecule has 2 aliphatic heterocycles. The Bertz CT molecular complexity index is 553. The summed E-state index contributed by atoms with van der Waals surface area (Å²) >= 11 is 5.96. The van der Waals surface area contributed by atoms with Crippen LogP contribution in [-0.2, 0) is 4.79 Å². The molecule has 20 heavy (non-hydrogen) atoms. The van der Waals surface area contributed by atoms with Crippen molar-refractivity contribution in [1.82, 2.24) is 4.90 Å². The zero-order chi connectivity index (χ0) is 14.1. The third kappa shape index (κ3) is 2.45. The molecule has 5 heteroatoms. The fraction of sp³-hybridized carbons (Fsp3) is 0.467. The molecule has 1 aromatic rings. The normalized spacial score (nSPS) is 18.9. The minimum atomic E-state index is -0.427. The summed E-state index contributed by atoms with van der Waals surface area (Å²) in [5.41, 5.74) is 1.13. The van der Waals surface area contributed by atoms with Crippen LogP contribution in [0, 0.1) is 0 Å². The van der Waals surface area contributed by atoms with E-state index in [1.165, 1.54) is 12.8 Å². The van der Waals surface area contributed by atoms with E-state index in [-0.39, 0.29) is 0 Å². The molecule has 0 bridgehead atoms. The number of anilines is 1. The van der Waals surface area contributed by atoms with E-state index in [0.717, 1.165) is 26.1 Å². The molecule has 1 saturated heterocycles. The van der Waals surface area contributed by atoms with Crippen LogP contribution < -0.4 is 4.90 Å². The molecule has 1 fully saturated rings. The third-order valence-corrected chi connectivity index (χ3v) is 4.22. The summed E-state index contributed by atoms with van der Waals surface area (Å²) in [6, 6.07) is 4.99.